The molecule has 5 heteroatoms. The van der Waals surface area contributed by atoms with Gasteiger partial charge in [-0.05, 0) is 37.2 Å². The maximum absolute atomic E-state index is 12.1. The molecule has 0 unspecified atom stereocenters. The topological polar surface area (TPSA) is 61.8 Å². The second kappa shape index (κ2) is 9.53. The molecule has 23 heavy (non-hydrogen) atoms. The van der Waals surface area contributed by atoms with Gasteiger partial charge in [0.15, 0.2) is 0 Å². The molecule has 1 saturated carbocycles. The van der Waals surface area contributed by atoms with Crippen LogP contribution in [-0.2, 0) is 11.3 Å². The zero-order chi connectivity index (χ0) is 16.5. The van der Waals surface area contributed by atoms with E-state index < -0.39 is 0 Å². The Hall–Kier alpha value is -1.59. The molecule has 0 aliphatic heterocycles. The number of aliphatic hydroxyl groups is 1. The molecule has 1 aliphatic carbocycles. The number of urea groups is 1. The van der Waals surface area contributed by atoms with Crippen molar-refractivity contribution in [1.82, 2.24) is 10.2 Å². The maximum Gasteiger partial charge on any atom is 0.317 e. The zero-order valence-electron chi connectivity index (χ0n) is 13.9. The molecule has 0 heterocycles. The third-order valence-corrected chi connectivity index (χ3v) is 4.58. The highest BCUT2D eigenvalue weighted by Gasteiger charge is 2.25. The predicted molar refractivity (Wildman–Crippen MR) is 90.1 cm³/mol. The Morgan fingerprint density at radius 2 is 1.96 bits per heavy atom. The summed E-state index contributed by atoms with van der Waals surface area (Å²) >= 11 is 0. The Morgan fingerprint density at radius 1 is 1.26 bits per heavy atom. The van der Waals surface area contributed by atoms with Crippen LogP contribution in [0.3, 0.4) is 0 Å². The number of hydrogen-bond donors (Lipinski definition) is 2. The van der Waals surface area contributed by atoms with E-state index in [0.29, 0.717) is 25.7 Å². The second-order valence-electron chi connectivity index (χ2n) is 6.24. The first-order valence-corrected chi connectivity index (χ1v) is 8.44. The number of rotatable bonds is 7. The van der Waals surface area contributed by atoms with Gasteiger partial charge in [-0.25, -0.2) is 4.79 Å². The number of nitrogens with zero attached hydrogens (tertiary/aromatic N) is 1. The van der Waals surface area contributed by atoms with Crippen LogP contribution in [0.25, 0.3) is 0 Å². The first-order chi connectivity index (χ1) is 11.2. The first-order valence-electron chi connectivity index (χ1n) is 8.44. The van der Waals surface area contributed by atoms with E-state index in [1.165, 1.54) is 0 Å². The molecule has 2 rings (SSSR count). The van der Waals surface area contributed by atoms with Gasteiger partial charge < -0.3 is 20.1 Å². The Kier molecular flexibility index (Phi) is 7.36. The van der Waals surface area contributed by atoms with Crippen molar-refractivity contribution in [1.29, 1.82) is 0 Å². The average Bonchev–Trinajstić information content (AvgIpc) is 2.61. The standard InChI is InChI=1S/C18H28N2O3/c1-20(17-9-7-15(13-21)8-10-17)18(22)19-11-12-23-14-16-5-3-2-4-6-16/h2-6,15,17,21H,7-14H2,1H3,(H,19,22). The van der Waals surface area contributed by atoms with Gasteiger partial charge in [0.1, 0.15) is 0 Å². The highest BCUT2D eigenvalue weighted by atomic mass is 16.5. The maximum atomic E-state index is 12.1. The van der Waals surface area contributed by atoms with E-state index in [1.807, 2.05) is 37.4 Å². The lowest BCUT2D eigenvalue weighted by Gasteiger charge is -2.34. The number of hydrogen-bond acceptors (Lipinski definition) is 3. The van der Waals surface area contributed by atoms with E-state index in [-0.39, 0.29) is 18.7 Å². The summed E-state index contributed by atoms with van der Waals surface area (Å²) in [5.74, 6) is 0.411. The number of nitrogens with one attached hydrogen (secondary N) is 1. The molecule has 1 aromatic carbocycles. The summed E-state index contributed by atoms with van der Waals surface area (Å²) in [5.41, 5.74) is 1.14. The first kappa shape index (κ1) is 17.8. The summed E-state index contributed by atoms with van der Waals surface area (Å²) < 4.78 is 5.56. The van der Waals surface area contributed by atoms with Crippen molar-refractivity contribution in [3.05, 3.63) is 35.9 Å². The van der Waals surface area contributed by atoms with Crippen LogP contribution in [0.2, 0.25) is 0 Å². The van der Waals surface area contributed by atoms with Gasteiger partial charge in [-0.1, -0.05) is 30.3 Å². The van der Waals surface area contributed by atoms with E-state index in [0.717, 1.165) is 31.2 Å². The molecule has 1 aliphatic rings. The fourth-order valence-electron chi connectivity index (χ4n) is 3.00. The van der Waals surface area contributed by atoms with Gasteiger partial charge in [0.25, 0.3) is 0 Å². The van der Waals surface area contributed by atoms with Crippen LogP contribution in [0.15, 0.2) is 30.3 Å². The number of aliphatic hydroxyl groups excluding tert-OH is 1. The number of ether oxygens (including phenoxy) is 1. The Bertz CT molecular complexity index is 459. The van der Waals surface area contributed by atoms with Crippen LogP contribution in [-0.4, -0.2) is 48.9 Å². The highest BCUT2D eigenvalue weighted by Crippen LogP contribution is 2.26. The Morgan fingerprint density at radius 3 is 2.61 bits per heavy atom. The van der Waals surface area contributed by atoms with Crippen molar-refractivity contribution in [3.63, 3.8) is 0 Å². The molecule has 0 aromatic heterocycles. The average molecular weight is 320 g/mol. The third-order valence-electron chi connectivity index (χ3n) is 4.58. The zero-order valence-corrected chi connectivity index (χ0v) is 13.9. The molecular weight excluding hydrogens is 292 g/mol. The van der Waals surface area contributed by atoms with Crippen LogP contribution in [0.1, 0.15) is 31.2 Å². The van der Waals surface area contributed by atoms with Crippen molar-refractivity contribution >= 4 is 6.03 Å². The van der Waals surface area contributed by atoms with Crippen molar-refractivity contribution in [2.75, 3.05) is 26.8 Å². The van der Waals surface area contributed by atoms with Crippen molar-refractivity contribution < 1.29 is 14.6 Å². The lowest BCUT2D eigenvalue weighted by Crippen LogP contribution is -2.46. The van der Waals surface area contributed by atoms with E-state index in [9.17, 15) is 4.79 Å². The van der Waals surface area contributed by atoms with Crippen LogP contribution in [0, 0.1) is 5.92 Å². The number of carbonyl (C=O) groups excluding carboxylic acids is 1. The molecule has 0 saturated heterocycles. The molecule has 128 valence electrons. The molecule has 1 fully saturated rings. The Labute approximate surface area is 138 Å². The van der Waals surface area contributed by atoms with Gasteiger partial charge in [-0.15, -0.1) is 0 Å². The van der Waals surface area contributed by atoms with Gasteiger partial charge >= 0.3 is 6.03 Å². The molecule has 0 atom stereocenters. The molecular formula is C18H28N2O3. The normalized spacial score (nSPS) is 21.0. The molecule has 1 aromatic rings. The van der Waals surface area contributed by atoms with Crippen molar-refractivity contribution in [3.8, 4) is 0 Å². The number of benzene rings is 1. The summed E-state index contributed by atoms with van der Waals surface area (Å²) in [6.45, 7) is 1.85. The molecule has 2 N–H and O–H groups in total. The van der Waals surface area contributed by atoms with Crippen molar-refractivity contribution in [2.24, 2.45) is 5.92 Å². The quantitative estimate of drug-likeness (QED) is 0.758. The van der Waals surface area contributed by atoms with Crippen LogP contribution in [0.4, 0.5) is 4.79 Å². The molecule has 5 nitrogen and oxygen atoms in total. The minimum atomic E-state index is -0.0410. The molecule has 0 bridgehead atoms. The smallest absolute Gasteiger partial charge is 0.317 e. The second-order valence-corrected chi connectivity index (χ2v) is 6.24. The minimum absolute atomic E-state index is 0.0410. The minimum Gasteiger partial charge on any atom is -0.396 e. The van der Waals surface area contributed by atoms with Crippen LogP contribution >= 0.6 is 0 Å². The summed E-state index contributed by atoms with van der Waals surface area (Å²) in [5, 5.41) is 12.1. The monoisotopic (exact) mass is 320 g/mol. The van der Waals surface area contributed by atoms with E-state index in [1.54, 1.807) is 4.90 Å². The van der Waals surface area contributed by atoms with Gasteiger partial charge in [-0.3, -0.25) is 0 Å². The molecule has 0 radical (unpaired) electrons. The summed E-state index contributed by atoms with van der Waals surface area (Å²) in [4.78, 5) is 13.9. The summed E-state index contributed by atoms with van der Waals surface area (Å²) in [6.07, 6.45) is 3.94. The van der Waals surface area contributed by atoms with Gasteiger partial charge in [0.2, 0.25) is 0 Å². The van der Waals surface area contributed by atoms with Crippen LogP contribution in [0.5, 0.6) is 0 Å². The lowest BCUT2D eigenvalue weighted by molar-refractivity contribution is 0.115. The fraction of sp³-hybridized carbons (Fsp3) is 0.611. The fourth-order valence-corrected chi connectivity index (χ4v) is 3.00. The third kappa shape index (κ3) is 5.84. The highest BCUT2D eigenvalue weighted by molar-refractivity contribution is 5.74. The number of carbonyl (C=O) groups is 1. The van der Waals surface area contributed by atoms with E-state index in [2.05, 4.69) is 5.32 Å². The van der Waals surface area contributed by atoms with E-state index >= 15 is 0 Å². The van der Waals surface area contributed by atoms with Gasteiger partial charge in [0, 0.05) is 26.2 Å². The molecule has 0 spiro atoms. The van der Waals surface area contributed by atoms with Gasteiger partial charge in [0.05, 0.1) is 13.2 Å². The largest absolute Gasteiger partial charge is 0.396 e. The summed E-state index contributed by atoms with van der Waals surface area (Å²) in [6, 6.07) is 10.2. The molecule has 2 amide bonds. The van der Waals surface area contributed by atoms with Gasteiger partial charge in [-0.2, -0.15) is 0 Å². The summed E-state index contributed by atoms with van der Waals surface area (Å²) in [7, 11) is 1.85. The number of amides is 2. The van der Waals surface area contributed by atoms with E-state index in [4.69, 9.17) is 9.84 Å². The lowest BCUT2D eigenvalue weighted by atomic mass is 9.86. The van der Waals surface area contributed by atoms with Crippen molar-refractivity contribution in [2.45, 2.75) is 38.3 Å². The Balaban J connectivity index is 1.59. The SMILES string of the molecule is CN(C(=O)NCCOCc1ccccc1)C1CCC(CO)CC1. The van der Waals surface area contributed by atoms with Crippen LogP contribution < -0.4 is 5.32 Å². The predicted octanol–water partition coefficient (Wildman–Crippen LogP) is 2.40.